The third kappa shape index (κ3) is 4.49. The molecule has 0 fully saturated rings. The second kappa shape index (κ2) is 8.93. The summed E-state index contributed by atoms with van der Waals surface area (Å²) >= 11 is 1.52. The van der Waals surface area contributed by atoms with Crippen molar-refractivity contribution in [2.45, 2.75) is 13.3 Å². The highest BCUT2D eigenvalue weighted by molar-refractivity contribution is 7.12. The number of hydrogen-bond donors (Lipinski definition) is 0. The molecular weight excluding hydrogens is 386 g/mol. The summed E-state index contributed by atoms with van der Waals surface area (Å²) in [6.45, 7) is 3.06. The highest BCUT2D eigenvalue weighted by Gasteiger charge is 2.16. The monoisotopic (exact) mass is 407 g/mol. The van der Waals surface area contributed by atoms with E-state index in [-0.39, 0.29) is 0 Å². The largest absolute Gasteiger partial charge is 0.491 e. The van der Waals surface area contributed by atoms with Crippen LogP contribution in [0.1, 0.15) is 17.1 Å². The maximum absolute atomic E-state index is 5.64. The van der Waals surface area contributed by atoms with Gasteiger partial charge in [0, 0.05) is 31.3 Å². The Morgan fingerprint density at radius 3 is 2.62 bits per heavy atom. The molecule has 148 valence electrons. The number of aromatic nitrogens is 5. The third-order valence-corrected chi connectivity index (χ3v) is 5.12. The van der Waals surface area contributed by atoms with Crippen molar-refractivity contribution in [1.29, 1.82) is 0 Å². The summed E-state index contributed by atoms with van der Waals surface area (Å²) < 4.78 is 12.5. The molecule has 0 unspecified atom stereocenters. The zero-order valence-electron chi connectivity index (χ0n) is 16.3. The molecule has 7 nitrogen and oxygen atoms in total. The molecule has 3 aromatic heterocycles. The van der Waals surface area contributed by atoms with Crippen LogP contribution in [0.25, 0.3) is 16.5 Å². The molecule has 0 spiro atoms. The molecule has 0 aliphatic heterocycles. The van der Waals surface area contributed by atoms with Crippen LogP contribution in [0.4, 0.5) is 0 Å². The van der Waals surface area contributed by atoms with Gasteiger partial charge in [0.05, 0.1) is 18.0 Å². The minimum absolute atomic E-state index is 0.529. The number of nitrogens with zero attached hydrogens (tertiary/aromatic N) is 5. The minimum Gasteiger partial charge on any atom is -0.491 e. The fraction of sp³-hybridized carbons (Fsp3) is 0.238. The van der Waals surface area contributed by atoms with Gasteiger partial charge in [-0.15, -0.1) is 16.4 Å². The Morgan fingerprint density at radius 1 is 1.03 bits per heavy atom. The smallest absolute Gasteiger partial charge is 0.210 e. The zero-order valence-corrected chi connectivity index (χ0v) is 17.1. The predicted molar refractivity (Wildman–Crippen MR) is 112 cm³/mol. The number of benzene rings is 1. The molecular formula is C21H21N5O2S. The Balaban J connectivity index is 1.63. The van der Waals surface area contributed by atoms with E-state index >= 15 is 0 Å². The van der Waals surface area contributed by atoms with Crippen molar-refractivity contribution in [1.82, 2.24) is 24.7 Å². The van der Waals surface area contributed by atoms with Gasteiger partial charge >= 0.3 is 0 Å². The van der Waals surface area contributed by atoms with Crippen LogP contribution in [-0.4, -0.2) is 45.1 Å². The van der Waals surface area contributed by atoms with E-state index in [1.807, 2.05) is 53.4 Å². The van der Waals surface area contributed by atoms with E-state index in [1.165, 1.54) is 11.3 Å². The molecule has 0 aliphatic carbocycles. The second-order valence-electron chi connectivity index (χ2n) is 6.37. The van der Waals surface area contributed by atoms with Gasteiger partial charge in [0.1, 0.15) is 18.2 Å². The summed E-state index contributed by atoms with van der Waals surface area (Å²) in [7, 11) is 1.66. The Kier molecular flexibility index (Phi) is 5.92. The molecule has 1 aromatic carbocycles. The van der Waals surface area contributed by atoms with Gasteiger partial charge in [-0.25, -0.2) is 14.6 Å². The highest BCUT2D eigenvalue weighted by Crippen LogP contribution is 2.23. The number of hydrogen-bond acceptors (Lipinski definition) is 7. The van der Waals surface area contributed by atoms with Crippen LogP contribution in [0.3, 0.4) is 0 Å². The fourth-order valence-corrected chi connectivity index (χ4v) is 3.47. The molecule has 4 rings (SSSR count). The van der Waals surface area contributed by atoms with Crippen molar-refractivity contribution in [2.75, 3.05) is 20.3 Å². The molecule has 0 saturated heterocycles. The Morgan fingerprint density at radius 2 is 1.90 bits per heavy atom. The van der Waals surface area contributed by atoms with E-state index in [9.17, 15) is 0 Å². The van der Waals surface area contributed by atoms with Crippen LogP contribution in [0.5, 0.6) is 5.75 Å². The summed E-state index contributed by atoms with van der Waals surface area (Å²) in [4.78, 5) is 13.5. The second-order valence-corrected chi connectivity index (χ2v) is 7.27. The lowest BCUT2D eigenvalue weighted by molar-refractivity contribution is 0.146. The molecule has 0 atom stereocenters. The van der Waals surface area contributed by atoms with Gasteiger partial charge in [0.15, 0.2) is 5.01 Å². The molecule has 0 radical (unpaired) electrons. The lowest BCUT2D eigenvalue weighted by atomic mass is 10.1. The summed E-state index contributed by atoms with van der Waals surface area (Å²) in [6.07, 6.45) is 4.17. The Hall–Kier alpha value is -3.10. The van der Waals surface area contributed by atoms with E-state index in [0.29, 0.717) is 25.5 Å². The SMILES string of the molecule is COCCOc1ccc(Cc2nc(-c3nccs3)nn2-c2cccnc2C)cc1. The van der Waals surface area contributed by atoms with Crippen molar-refractivity contribution >= 4 is 11.3 Å². The van der Waals surface area contributed by atoms with Crippen molar-refractivity contribution in [3.05, 3.63) is 71.3 Å². The molecule has 0 amide bonds. The first-order valence-electron chi connectivity index (χ1n) is 9.23. The van der Waals surface area contributed by atoms with Crippen molar-refractivity contribution < 1.29 is 9.47 Å². The quantitative estimate of drug-likeness (QED) is 0.415. The van der Waals surface area contributed by atoms with E-state index in [0.717, 1.165) is 33.5 Å². The average Bonchev–Trinajstić information content (AvgIpc) is 3.40. The number of aryl methyl sites for hydroxylation is 1. The van der Waals surface area contributed by atoms with Crippen molar-refractivity contribution in [2.24, 2.45) is 0 Å². The van der Waals surface area contributed by atoms with E-state index in [1.54, 1.807) is 19.5 Å². The molecule has 4 aromatic rings. The van der Waals surface area contributed by atoms with Gasteiger partial charge in [-0.2, -0.15) is 0 Å². The lowest BCUT2D eigenvalue weighted by Gasteiger charge is -2.09. The van der Waals surface area contributed by atoms with E-state index in [2.05, 4.69) is 9.97 Å². The number of ether oxygens (including phenoxy) is 2. The van der Waals surface area contributed by atoms with Crippen LogP contribution in [0.2, 0.25) is 0 Å². The summed E-state index contributed by atoms with van der Waals surface area (Å²) in [5.41, 5.74) is 2.92. The highest BCUT2D eigenvalue weighted by atomic mass is 32.1. The first-order valence-corrected chi connectivity index (χ1v) is 10.1. The van der Waals surface area contributed by atoms with Crippen LogP contribution in [-0.2, 0) is 11.2 Å². The van der Waals surface area contributed by atoms with Crippen molar-refractivity contribution in [3.63, 3.8) is 0 Å². The van der Waals surface area contributed by atoms with Gasteiger partial charge in [0.2, 0.25) is 5.82 Å². The van der Waals surface area contributed by atoms with Gasteiger partial charge in [-0.3, -0.25) is 4.98 Å². The number of thiazole rings is 1. The Bertz CT molecular complexity index is 1060. The maximum atomic E-state index is 5.64. The molecule has 0 saturated carbocycles. The minimum atomic E-state index is 0.529. The van der Waals surface area contributed by atoms with E-state index in [4.69, 9.17) is 19.6 Å². The third-order valence-electron chi connectivity index (χ3n) is 4.35. The zero-order chi connectivity index (χ0) is 20.1. The van der Waals surface area contributed by atoms with Crippen molar-refractivity contribution in [3.8, 4) is 22.3 Å². The van der Waals surface area contributed by atoms with Crippen LogP contribution in [0.15, 0.2) is 54.2 Å². The first-order chi connectivity index (χ1) is 14.2. The fourth-order valence-electron chi connectivity index (χ4n) is 2.90. The molecule has 8 heteroatoms. The van der Waals surface area contributed by atoms with Crippen LogP contribution >= 0.6 is 11.3 Å². The van der Waals surface area contributed by atoms with Gasteiger partial charge in [-0.1, -0.05) is 12.1 Å². The Labute approximate surface area is 173 Å². The maximum Gasteiger partial charge on any atom is 0.210 e. The summed E-state index contributed by atoms with van der Waals surface area (Å²) in [6, 6.07) is 11.9. The standard InChI is InChI=1S/C21H21N5O2S/c1-15-18(4-3-9-22-15)26-19(24-20(25-26)21-23-10-13-29-21)14-16-5-7-17(8-6-16)28-12-11-27-2/h3-10,13H,11-12,14H2,1-2H3. The van der Waals surface area contributed by atoms with Gasteiger partial charge in [0.25, 0.3) is 0 Å². The molecule has 3 heterocycles. The molecule has 0 bridgehead atoms. The van der Waals surface area contributed by atoms with Gasteiger partial charge < -0.3 is 9.47 Å². The predicted octanol–water partition coefficient (Wildman–Crippen LogP) is 3.71. The summed E-state index contributed by atoms with van der Waals surface area (Å²) in [5, 5.41) is 7.45. The first kappa shape index (κ1) is 19.2. The molecule has 0 N–H and O–H groups in total. The topological polar surface area (TPSA) is 75.0 Å². The molecule has 29 heavy (non-hydrogen) atoms. The number of pyridine rings is 1. The molecule has 0 aliphatic rings. The number of methoxy groups -OCH3 is 1. The number of rotatable bonds is 8. The average molecular weight is 407 g/mol. The van der Waals surface area contributed by atoms with Crippen LogP contribution < -0.4 is 4.74 Å². The van der Waals surface area contributed by atoms with E-state index < -0.39 is 0 Å². The summed E-state index contributed by atoms with van der Waals surface area (Å²) in [5.74, 6) is 2.27. The van der Waals surface area contributed by atoms with Crippen LogP contribution in [0, 0.1) is 6.92 Å². The van der Waals surface area contributed by atoms with Gasteiger partial charge in [-0.05, 0) is 36.8 Å². The normalized spacial score (nSPS) is 11.0. The lowest BCUT2D eigenvalue weighted by Crippen LogP contribution is -2.07.